The zero-order valence-electron chi connectivity index (χ0n) is 15.4. The molecule has 2 aromatic heterocycles. The lowest BCUT2D eigenvalue weighted by molar-refractivity contribution is -0.119. The lowest BCUT2D eigenvalue weighted by Crippen LogP contribution is -2.35. The van der Waals surface area contributed by atoms with Gasteiger partial charge in [-0.05, 0) is 25.5 Å². The lowest BCUT2D eigenvalue weighted by atomic mass is 9.95. The standard InChI is InChI=1S/C20H20F2N4O2/c1-10-3-16(11(2)27)24-9-14(10)12-4-13-8-25-18(5-17(13)23-7-12)26-19(28)15-6-20(15,21)22/h3-5,7-9,11,15-16,24,27H,6H2,1-2H3,(H,25,26,28). The second-order valence-electron chi connectivity index (χ2n) is 7.33. The number of allylic oxidation sites excluding steroid dienone is 2. The van der Waals surface area contributed by atoms with Gasteiger partial charge in [0, 0.05) is 47.6 Å². The van der Waals surface area contributed by atoms with Gasteiger partial charge in [-0.25, -0.2) is 13.8 Å². The minimum Gasteiger partial charge on any atom is -0.391 e. The number of hydrogen-bond acceptors (Lipinski definition) is 5. The van der Waals surface area contributed by atoms with Crippen LogP contribution in [-0.2, 0) is 4.79 Å². The Balaban J connectivity index is 1.54. The number of carbonyl (C=O) groups excluding carboxylic acids is 1. The highest BCUT2D eigenvalue weighted by Crippen LogP contribution is 2.49. The Labute approximate surface area is 160 Å². The number of nitrogens with one attached hydrogen (secondary N) is 2. The molecule has 0 saturated heterocycles. The van der Waals surface area contributed by atoms with Crippen molar-refractivity contribution in [1.82, 2.24) is 15.3 Å². The van der Waals surface area contributed by atoms with Crippen molar-refractivity contribution < 1.29 is 18.7 Å². The molecule has 146 valence electrons. The Hall–Kier alpha value is -2.87. The molecule has 1 fully saturated rings. The third kappa shape index (κ3) is 3.47. The van der Waals surface area contributed by atoms with Crippen molar-refractivity contribution in [3.8, 4) is 0 Å². The fourth-order valence-corrected chi connectivity index (χ4v) is 3.24. The zero-order chi connectivity index (χ0) is 20.1. The molecule has 1 saturated carbocycles. The van der Waals surface area contributed by atoms with Gasteiger partial charge < -0.3 is 15.7 Å². The first-order valence-corrected chi connectivity index (χ1v) is 9.02. The SMILES string of the molecule is CC1=CC(C(C)O)NC=C1c1cnc2cc(NC(=O)C3CC3(F)F)ncc2c1. The lowest BCUT2D eigenvalue weighted by Gasteiger charge is -2.24. The number of pyridine rings is 2. The number of anilines is 1. The van der Waals surface area contributed by atoms with Gasteiger partial charge in [0.15, 0.2) is 0 Å². The van der Waals surface area contributed by atoms with Gasteiger partial charge in [0.05, 0.1) is 17.7 Å². The van der Waals surface area contributed by atoms with E-state index in [0.717, 1.165) is 22.1 Å². The number of halogens is 2. The number of dihydropyridines is 1. The Bertz CT molecular complexity index is 1020. The minimum atomic E-state index is -2.91. The molecule has 3 atom stereocenters. The predicted molar refractivity (Wildman–Crippen MR) is 102 cm³/mol. The Morgan fingerprint density at radius 1 is 1.36 bits per heavy atom. The van der Waals surface area contributed by atoms with Crippen LogP contribution in [0.2, 0.25) is 0 Å². The molecule has 3 heterocycles. The molecule has 0 spiro atoms. The average molecular weight is 386 g/mol. The molecular weight excluding hydrogens is 366 g/mol. The number of fused-ring (bicyclic) bond motifs is 1. The smallest absolute Gasteiger partial charge is 0.260 e. The number of aliphatic hydroxyl groups is 1. The van der Waals surface area contributed by atoms with Crippen molar-refractivity contribution in [3.63, 3.8) is 0 Å². The molecule has 1 amide bonds. The average Bonchev–Trinajstić information content (AvgIpc) is 3.29. The van der Waals surface area contributed by atoms with E-state index < -0.39 is 30.3 Å². The van der Waals surface area contributed by atoms with Crippen LogP contribution in [0.4, 0.5) is 14.6 Å². The molecule has 3 N–H and O–H groups in total. The van der Waals surface area contributed by atoms with Crippen LogP contribution in [-0.4, -0.2) is 39.1 Å². The second kappa shape index (κ2) is 6.63. The summed E-state index contributed by atoms with van der Waals surface area (Å²) < 4.78 is 26.0. The minimum absolute atomic E-state index is 0.135. The van der Waals surface area contributed by atoms with E-state index in [0.29, 0.717) is 5.52 Å². The number of aliphatic hydroxyl groups excluding tert-OH is 1. The predicted octanol–water partition coefficient (Wildman–Crippen LogP) is 2.86. The number of hydrogen-bond donors (Lipinski definition) is 3. The van der Waals surface area contributed by atoms with Gasteiger partial charge in [-0.1, -0.05) is 6.08 Å². The van der Waals surface area contributed by atoms with Crippen LogP contribution >= 0.6 is 0 Å². The van der Waals surface area contributed by atoms with Gasteiger partial charge in [0.25, 0.3) is 5.92 Å². The summed E-state index contributed by atoms with van der Waals surface area (Å²) in [6.45, 7) is 3.70. The van der Waals surface area contributed by atoms with Crippen LogP contribution in [0.1, 0.15) is 25.8 Å². The summed E-state index contributed by atoms with van der Waals surface area (Å²) >= 11 is 0. The summed E-state index contributed by atoms with van der Waals surface area (Å²) in [7, 11) is 0. The third-order valence-corrected chi connectivity index (χ3v) is 5.06. The first-order valence-electron chi connectivity index (χ1n) is 9.02. The van der Waals surface area contributed by atoms with E-state index in [-0.39, 0.29) is 11.9 Å². The highest BCUT2D eigenvalue weighted by molar-refractivity contribution is 5.96. The van der Waals surface area contributed by atoms with E-state index in [1.807, 2.05) is 25.3 Å². The molecule has 28 heavy (non-hydrogen) atoms. The molecule has 2 aliphatic rings. The zero-order valence-corrected chi connectivity index (χ0v) is 15.4. The fourth-order valence-electron chi connectivity index (χ4n) is 3.24. The maximum Gasteiger partial charge on any atom is 0.260 e. The first-order chi connectivity index (χ1) is 13.2. The number of amides is 1. The molecule has 4 rings (SSSR count). The van der Waals surface area contributed by atoms with Crippen LogP contribution < -0.4 is 10.6 Å². The monoisotopic (exact) mass is 386 g/mol. The summed E-state index contributed by atoms with van der Waals surface area (Å²) in [5.74, 6) is -4.70. The molecular formula is C20H20F2N4O2. The van der Waals surface area contributed by atoms with E-state index >= 15 is 0 Å². The summed E-state index contributed by atoms with van der Waals surface area (Å²) in [4.78, 5) is 20.4. The maximum atomic E-state index is 13.0. The van der Waals surface area contributed by atoms with Crippen molar-refractivity contribution in [2.24, 2.45) is 5.92 Å². The number of aromatic nitrogens is 2. The van der Waals surface area contributed by atoms with E-state index in [1.165, 1.54) is 0 Å². The van der Waals surface area contributed by atoms with Gasteiger partial charge in [-0.15, -0.1) is 0 Å². The number of alkyl halides is 2. The van der Waals surface area contributed by atoms with Crippen LogP contribution in [0.25, 0.3) is 16.5 Å². The van der Waals surface area contributed by atoms with Gasteiger partial charge in [0.2, 0.25) is 5.91 Å². The molecule has 0 bridgehead atoms. The van der Waals surface area contributed by atoms with Crippen LogP contribution in [0, 0.1) is 5.92 Å². The van der Waals surface area contributed by atoms with Crippen LogP contribution in [0.15, 0.2) is 42.4 Å². The van der Waals surface area contributed by atoms with E-state index in [4.69, 9.17) is 0 Å². The molecule has 0 radical (unpaired) electrons. The summed E-state index contributed by atoms with van der Waals surface area (Å²) in [6, 6.07) is 3.35. The van der Waals surface area contributed by atoms with Gasteiger partial charge in [-0.3, -0.25) is 9.78 Å². The second-order valence-corrected chi connectivity index (χ2v) is 7.33. The molecule has 8 heteroatoms. The number of carbonyl (C=O) groups is 1. The molecule has 2 aromatic rings. The van der Waals surface area contributed by atoms with Gasteiger partial charge in [-0.2, -0.15) is 0 Å². The highest BCUT2D eigenvalue weighted by Gasteiger charge is 2.61. The summed E-state index contributed by atoms with van der Waals surface area (Å²) in [5.41, 5.74) is 3.46. The van der Waals surface area contributed by atoms with Crippen molar-refractivity contribution >= 4 is 28.2 Å². The Kier molecular flexibility index (Phi) is 4.38. The number of nitrogens with zero attached hydrogens (tertiary/aromatic N) is 2. The van der Waals surface area contributed by atoms with Crippen molar-refractivity contribution in [2.75, 3.05) is 5.32 Å². The molecule has 3 unspecified atom stereocenters. The molecule has 1 aliphatic heterocycles. The van der Waals surface area contributed by atoms with Gasteiger partial charge in [0.1, 0.15) is 11.7 Å². The van der Waals surface area contributed by atoms with E-state index in [9.17, 15) is 18.7 Å². The first kappa shape index (κ1) is 18.5. The molecule has 0 aromatic carbocycles. The Morgan fingerprint density at radius 3 is 2.75 bits per heavy atom. The van der Waals surface area contributed by atoms with E-state index in [2.05, 4.69) is 20.6 Å². The Morgan fingerprint density at radius 2 is 2.11 bits per heavy atom. The van der Waals surface area contributed by atoms with Crippen molar-refractivity contribution in [3.05, 3.63) is 47.9 Å². The van der Waals surface area contributed by atoms with Crippen LogP contribution in [0.3, 0.4) is 0 Å². The van der Waals surface area contributed by atoms with Gasteiger partial charge >= 0.3 is 0 Å². The maximum absolute atomic E-state index is 13.0. The molecule has 1 aliphatic carbocycles. The largest absolute Gasteiger partial charge is 0.391 e. The number of rotatable bonds is 4. The summed E-state index contributed by atoms with van der Waals surface area (Å²) in [6.07, 6.45) is 6.16. The molecule has 6 nitrogen and oxygen atoms in total. The summed E-state index contributed by atoms with van der Waals surface area (Å²) in [5, 5.41) is 16.1. The van der Waals surface area contributed by atoms with Crippen LogP contribution in [0.5, 0.6) is 0 Å². The normalized spacial score (nSPS) is 24.0. The topological polar surface area (TPSA) is 87.1 Å². The quantitative estimate of drug-likeness (QED) is 0.752. The third-order valence-electron chi connectivity index (χ3n) is 5.06. The van der Waals surface area contributed by atoms with E-state index in [1.54, 1.807) is 25.4 Å². The van der Waals surface area contributed by atoms with Crippen molar-refractivity contribution in [2.45, 2.75) is 38.3 Å². The fraction of sp³-hybridized carbons (Fsp3) is 0.350. The highest BCUT2D eigenvalue weighted by atomic mass is 19.3. The van der Waals surface area contributed by atoms with Crippen molar-refractivity contribution in [1.29, 1.82) is 0 Å².